The van der Waals surface area contributed by atoms with Gasteiger partial charge in [0.25, 0.3) is 5.91 Å². The Bertz CT molecular complexity index is 931. The van der Waals surface area contributed by atoms with Gasteiger partial charge in [-0.1, -0.05) is 19.1 Å². The van der Waals surface area contributed by atoms with Crippen molar-refractivity contribution >= 4 is 29.6 Å². The number of imide groups is 1. The van der Waals surface area contributed by atoms with Crippen LogP contribution in [0.4, 0.5) is 15.3 Å². The van der Waals surface area contributed by atoms with Crippen molar-refractivity contribution in [3.8, 4) is 0 Å². The third-order valence-electron chi connectivity index (χ3n) is 6.01. The molecule has 1 spiro atoms. The molecular formula is C24H34N4O5. The average Bonchev–Trinajstić information content (AvgIpc) is 2.93. The normalized spacial score (nSPS) is 22.8. The van der Waals surface area contributed by atoms with E-state index in [1.165, 1.54) is 4.90 Å². The van der Waals surface area contributed by atoms with Crippen LogP contribution in [-0.4, -0.2) is 58.5 Å². The number of carbonyl (C=O) groups is 4. The van der Waals surface area contributed by atoms with Crippen LogP contribution in [0.2, 0.25) is 0 Å². The van der Waals surface area contributed by atoms with Crippen LogP contribution < -0.4 is 10.6 Å². The number of carbonyl (C=O) groups excluding carboxylic acids is 4. The highest BCUT2D eigenvalue weighted by Gasteiger charge is 2.52. The zero-order valence-electron chi connectivity index (χ0n) is 20.1. The highest BCUT2D eigenvalue weighted by molar-refractivity contribution is 6.10. The number of hydrogen-bond donors (Lipinski definition) is 2. The van der Waals surface area contributed by atoms with Gasteiger partial charge in [-0.05, 0) is 70.1 Å². The fraction of sp³-hybridized carbons (Fsp3) is 0.583. The summed E-state index contributed by atoms with van der Waals surface area (Å²) in [6.07, 6.45) is 2.50. The molecule has 9 nitrogen and oxygen atoms in total. The van der Waals surface area contributed by atoms with Crippen LogP contribution in [0, 0.1) is 5.92 Å². The van der Waals surface area contributed by atoms with Crippen molar-refractivity contribution in [1.29, 1.82) is 0 Å². The van der Waals surface area contributed by atoms with Crippen molar-refractivity contribution in [3.63, 3.8) is 0 Å². The van der Waals surface area contributed by atoms with Crippen LogP contribution >= 0.6 is 0 Å². The molecule has 0 radical (unpaired) electrons. The summed E-state index contributed by atoms with van der Waals surface area (Å²) in [5.41, 5.74) is -0.139. The van der Waals surface area contributed by atoms with Crippen LogP contribution in [0.15, 0.2) is 24.3 Å². The number of nitrogens with zero attached hydrogens (tertiary/aromatic N) is 2. The fourth-order valence-electron chi connectivity index (χ4n) is 4.18. The number of amides is 5. The lowest BCUT2D eigenvalue weighted by atomic mass is 9.77. The number of hydrogen-bond acceptors (Lipinski definition) is 5. The number of anilines is 1. The molecule has 33 heavy (non-hydrogen) atoms. The van der Waals surface area contributed by atoms with E-state index >= 15 is 0 Å². The van der Waals surface area contributed by atoms with Crippen LogP contribution in [-0.2, 0) is 20.9 Å². The van der Waals surface area contributed by atoms with E-state index in [0.29, 0.717) is 31.0 Å². The minimum Gasteiger partial charge on any atom is -0.444 e. The summed E-state index contributed by atoms with van der Waals surface area (Å²) in [6, 6.07) is 6.54. The minimum atomic E-state index is -0.865. The lowest BCUT2D eigenvalue weighted by Gasteiger charge is -2.33. The Kier molecular flexibility index (Phi) is 7.00. The summed E-state index contributed by atoms with van der Waals surface area (Å²) in [6.45, 7) is 7.50. The lowest BCUT2D eigenvalue weighted by molar-refractivity contribution is -0.135. The van der Waals surface area contributed by atoms with Gasteiger partial charge in [-0.2, -0.15) is 0 Å². The number of urea groups is 1. The number of benzene rings is 1. The first-order valence-corrected chi connectivity index (χ1v) is 11.4. The van der Waals surface area contributed by atoms with Gasteiger partial charge in [0.05, 0.1) is 0 Å². The van der Waals surface area contributed by atoms with Crippen LogP contribution in [0.5, 0.6) is 0 Å². The van der Waals surface area contributed by atoms with E-state index in [1.54, 1.807) is 46.0 Å². The second-order valence-electron chi connectivity index (χ2n) is 10.2. The van der Waals surface area contributed by atoms with Gasteiger partial charge < -0.3 is 20.3 Å². The first-order valence-electron chi connectivity index (χ1n) is 11.4. The maximum Gasteiger partial charge on any atom is 0.410 e. The molecule has 180 valence electrons. The van der Waals surface area contributed by atoms with E-state index in [4.69, 9.17) is 4.74 Å². The van der Waals surface area contributed by atoms with Crippen molar-refractivity contribution in [2.45, 2.75) is 71.1 Å². The smallest absolute Gasteiger partial charge is 0.410 e. The summed E-state index contributed by atoms with van der Waals surface area (Å²) in [7, 11) is 1.64. The monoisotopic (exact) mass is 458 g/mol. The molecule has 2 N–H and O–H groups in total. The standard InChI is InChI=1S/C24H34N4O5/c1-16-9-11-24(12-10-16)20(30)28(21(31)26-24)15-19(29)25-18-8-6-7-17(13-18)14-27(5)22(32)33-23(2,3)4/h6-8,13,16H,9-12,14-15H2,1-5H3,(H,25,29)(H,26,31). The molecule has 9 heteroatoms. The number of nitrogens with one attached hydrogen (secondary N) is 2. The zero-order chi connectivity index (χ0) is 24.4. The van der Waals surface area contributed by atoms with E-state index < -0.39 is 29.2 Å². The Hall–Kier alpha value is -3.10. The van der Waals surface area contributed by atoms with E-state index in [-0.39, 0.29) is 12.5 Å². The highest BCUT2D eigenvalue weighted by atomic mass is 16.6. The Morgan fingerprint density at radius 3 is 2.55 bits per heavy atom. The largest absolute Gasteiger partial charge is 0.444 e. The van der Waals surface area contributed by atoms with Gasteiger partial charge in [-0.15, -0.1) is 0 Å². The van der Waals surface area contributed by atoms with Crippen molar-refractivity contribution < 1.29 is 23.9 Å². The predicted molar refractivity (Wildman–Crippen MR) is 123 cm³/mol. The Balaban J connectivity index is 1.58. The molecule has 1 aliphatic carbocycles. The van der Waals surface area contributed by atoms with Gasteiger partial charge in [-0.25, -0.2) is 9.59 Å². The SMILES string of the molecule is CC1CCC2(CC1)NC(=O)N(CC(=O)Nc1cccc(CN(C)C(=O)OC(C)(C)C)c1)C2=O. The molecule has 1 saturated carbocycles. The van der Waals surface area contributed by atoms with Gasteiger partial charge in [0, 0.05) is 19.3 Å². The van der Waals surface area contributed by atoms with Gasteiger partial charge in [-0.3, -0.25) is 14.5 Å². The first-order chi connectivity index (χ1) is 15.4. The molecule has 1 aliphatic heterocycles. The maximum absolute atomic E-state index is 12.9. The average molecular weight is 459 g/mol. The lowest BCUT2D eigenvalue weighted by Crippen LogP contribution is -2.49. The summed E-state index contributed by atoms with van der Waals surface area (Å²) in [5.74, 6) is -0.251. The third-order valence-corrected chi connectivity index (χ3v) is 6.01. The van der Waals surface area contributed by atoms with Gasteiger partial charge in [0.1, 0.15) is 17.7 Å². The maximum atomic E-state index is 12.9. The van der Waals surface area contributed by atoms with E-state index in [0.717, 1.165) is 23.3 Å². The predicted octanol–water partition coefficient (Wildman–Crippen LogP) is 3.49. The Morgan fingerprint density at radius 2 is 1.91 bits per heavy atom. The van der Waals surface area contributed by atoms with Crippen LogP contribution in [0.1, 0.15) is 58.9 Å². The quantitative estimate of drug-likeness (QED) is 0.657. The molecule has 5 amide bonds. The zero-order valence-corrected chi connectivity index (χ0v) is 20.1. The van der Waals surface area contributed by atoms with Crippen molar-refractivity contribution in [2.75, 3.05) is 18.9 Å². The molecule has 0 aromatic heterocycles. The molecule has 1 aromatic rings. The molecule has 1 heterocycles. The summed E-state index contributed by atoms with van der Waals surface area (Å²) < 4.78 is 5.36. The van der Waals surface area contributed by atoms with Gasteiger partial charge in [0.2, 0.25) is 5.91 Å². The molecule has 0 bridgehead atoms. The molecule has 0 unspecified atom stereocenters. The van der Waals surface area contributed by atoms with Crippen molar-refractivity contribution in [3.05, 3.63) is 29.8 Å². The second-order valence-corrected chi connectivity index (χ2v) is 10.2. The summed E-state index contributed by atoms with van der Waals surface area (Å²) in [4.78, 5) is 52.6. The molecule has 1 aromatic carbocycles. The topological polar surface area (TPSA) is 108 Å². The third kappa shape index (κ3) is 6.03. The summed E-state index contributed by atoms with van der Waals surface area (Å²) >= 11 is 0. The first kappa shape index (κ1) is 24.5. The van der Waals surface area contributed by atoms with Gasteiger partial charge >= 0.3 is 12.1 Å². The molecule has 1 saturated heterocycles. The number of ether oxygens (including phenoxy) is 1. The Morgan fingerprint density at radius 1 is 1.24 bits per heavy atom. The van der Waals surface area contributed by atoms with Crippen LogP contribution in [0.3, 0.4) is 0 Å². The number of rotatable bonds is 5. The Labute approximate surface area is 194 Å². The van der Waals surface area contributed by atoms with Crippen molar-refractivity contribution in [1.82, 2.24) is 15.1 Å². The van der Waals surface area contributed by atoms with E-state index in [1.807, 2.05) is 6.07 Å². The van der Waals surface area contributed by atoms with Gasteiger partial charge in [0.15, 0.2) is 0 Å². The van der Waals surface area contributed by atoms with Crippen molar-refractivity contribution in [2.24, 2.45) is 5.92 Å². The minimum absolute atomic E-state index is 0.298. The molecule has 0 atom stereocenters. The second kappa shape index (κ2) is 9.41. The molecular weight excluding hydrogens is 424 g/mol. The highest BCUT2D eigenvalue weighted by Crippen LogP contribution is 2.36. The fourth-order valence-corrected chi connectivity index (χ4v) is 4.18. The summed E-state index contributed by atoms with van der Waals surface area (Å²) in [5, 5.41) is 5.57. The molecule has 2 fully saturated rings. The van der Waals surface area contributed by atoms with E-state index in [2.05, 4.69) is 17.6 Å². The van der Waals surface area contributed by atoms with E-state index in [9.17, 15) is 19.2 Å². The molecule has 3 rings (SSSR count). The van der Waals surface area contributed by atoms with Crippen LogP contribution in [0.25, 0.3) is 0 Å². The molecule has 2 aliphatic rings.